The van der Waals surface area contributed by atoms with Crippen LogP contribution in [0.15, 0.2) is 0 Å². The highest BCUT2D eigenvalue weighted by Crippen LogP contribution is 2.11. The summed E-state index contributed by atoms with van der Waals surface area (Å²) in [6.07, 6.45) is 3.61. The van der Waals surface area contributed by atoms with Gasteiger partial charge in [-0.1, -0.05) is 0 Å². The summed E-state index contributed by atoms with van der Waals surface area (Å²) in [6, 6.07) is -0.0908. The number of hydrogen-bond acceptors (Lipinski definition) is 4. The van der Waals surface area contributed by atoms with Gasteiger partial charge in [0, 0.05) is 19.3 Å². The van der Waals surface area contributed by atoms with E-state index in [0.717, 1.165) is 19.4 Å². The third-order valence-corrected chi connectivity index (χ3v) is 3.85. The fourth-order valence-corrected chi connectivity index (χ4v) is 2.60. The van der Waals surface area contributed by atoms with E-state index >= 15 is 0 Å². The minimum absolute atomic E-state index is 0.0908. The van der Waals surface area contributed by atoms with Gasteiger partial charge in [0.05, 0.1) is 11.8 Å². The average Bonchev–Trinajstić information content (AvgIpc) is 2.19. The lowest BCUT2D eigenvalue weighted by atomic mass is 10.1. The van der Waals surface area contributed by atoms with Gasteiger partial charge in [-0.2, -0.15) is 0 Å². The van der Waals surface area contributed by atoms with Crippen LogP contribution in [0.3, 0.4) is 0 Å². The molecule has 16 heavy (non-hydrogen) atoms. The summed E-state index contributed by atoms with van der Waals surface area (Å²) in [6.45, 7) is 1.30. The Morgan fingerprint density at radius 3 is 2.75 bits per heavy atom. The summed E-state index contributed by atoms with van der Waals surface area (Å²) in [4.78, 5) is 13.6. The molecular formula is C10H20N2O3S. The van der Waals surface area contributed by atoms with E-state index < -0.39 is 9.84 Å². The molecule has 1 unspecified atom stereocenters. The van der Waals surface area contributed by atoms with Crippen LogP contribution in [0.4, 0.5) is 0 Å². The summed E-state index contributed by atoms with van der Waals surface area (Å²) in [5, 5.41) is 2.98. The zero-order chi connectivity index (χ0) is 12.2. The second-order valence-corrected chi connectivity index (χ2v) is 6.55. The van der Waals surface area contributed by atoms with E-state index in [9.17, 15) is 13.2 Å². The van der Waals surface area contributed by atoms with Crippen molar-refractivity contribution < 1.29 is 13.2 Å². The molecule has 1 saturated heterocycles. The fourth-order valence-electron chi connectivity index (χ4n) is 1.95. The third-order valence-electron chi connectivity index (χ3n) is 2.82. The zero-order valence-electron chi connectivity index (χ0n) is 9.90. The van der Waals surface area contributed by atoms with Crippen molar-refractivity contribution >= 4 is 15.7 Å². The molecule has 1 N–H and O–H groups in total. The van der Waals surface area contributed by atoms with Crippen LogP contribution in [0.1, 0.15) is 19.3 Å². The monoisotopic (exact) mass is 248 g/mol. The van der Waals surface area contributed by atoms with Gasteiger partial charge in [-0.05, 0) is 26.3 Å². The number of likely N-dealkylation sites (N-methyl/N-ethyl adjacent to an activating group) is 1. The van der Waals surface area contributed by atoms with Crippen molar-refractivity contribution in [2.24, 2.45) is 0 Å². The van der Waals surface area contributed by atoms with Gasteiger partial charge in [-0.25, -0.2) is 8.42 Å². The molecule has 1 fully saturated rings. The molecular weight excluding hydrogens is 228 g/mol. The van der Waals surface area contributed by atoms with Gasteiger partial charge in [-0.15, -0.1) is 0 Å². The number of carbonyl (C=O) groups excluding carboxylic acids is 1. The van der Waals surface area contributed by atoms with Crippen LogP contribution in [0, 0.1) is 0 Å². The van der Waals surface area contributed by atoms with E-state index in [2.05, 4.69) is 5.32 Å². The van der Waals surface area contributed by atoms with Crippen molar-refractivity contribution in [3.63, 3.8) is 0 Å². The largest absolute Gasteiger partial charge is 0.341 e. The van der Waals surface area contributed by atoms with E-state index in [4.69, 9.17) is 0 Å². The number of likely N-dealkylation sites (tertiary alicyclic amines) is 1. The molecule has 0 aromatic rings. The molecule has 5 nitrogen and oxygen atoms in total. The highest BCUT2D eigenvalue weighted by molar-refractivity contribution is 7.90. The molecule has 6 heteroatoms. The molecule has 1 amide bonds. The second-order valence-electron chi connectivity index (χ2n) is 4.29. The van der Waals surface area contributed by atoms with Crippen LogP contribution in [0.5, 0.6) is 0 Å². The van der Waals surface area contributed by atoms with Crippen LogP contribution in [0.2, 0.25) is 0 Å². The smallest absolute Gasteiger partial charge is 0.239 e. The summed E-state index contributed by atoms with van der Waals surface area (Å²) in [5.41, 5.74) is 0. The molecule has 0 aromatic heterocycles. The molecule has 1 rings (SSSR count). The van der Waals surface area contributed by atoms with Crippen molar-refractivity contribution in [3.05, 3.63) is 0 Å². The third kappa shape index (κ3) is 4.09. The molecule has 0 aliphatic carbocycles. The highest BCUT2D eigenvalue weighted by Gasteiger charge is 2.26. The lowest BCUT2D eigenvalue weighted by Gasteiger charge is -2.32. The van der Waals surface area contributed by atoms with E-state index in [1.807, 2.05) is 0 Å². The quantitative estimate of drug-likeness (QED) is 0.721. The Hall–Kier alpha value is -0.620. The van der Waals surface area contributed by atoms with E-state index in [0.29, 0.717) is 13.0 Å². The van der Waals surface area contributed by atoms with Gasteiger partial charge in [0.15, 0.2) is 0 Å². The first-order chi connectivity index (χ1) is 7.44. The number of sulfone groups is 1. The van der Waals surface area contributed by atoms with Gasteiger partial charge < -0.3 is 10.2 Å². The Labute approximate surface area is 97.1 Å². The van der Waals surface area contributed by atoms with Crippen LogP contribution >= 0.6 is 0 Å². The maximum atomic E-state index is 11.8. The fraction of sp³-hybridized carbons (Fsp3) is 0.900. The van der Waals surface area contributed by atoms with Gasteiger partial charge in [-0.3, -0.25) is 4.79 Å². The van der Waals surface area contributed by atoms with Crippen molar-refractivity contribution in [2.45, 2.75) is 25.3 Å². The first-order valence-corrected chi connectivity index (χ1v) is 7.64. The van der Waals surface area contributed by atoms with Crippen molar-refractivity contribution in [3.8, 4) is 0 Å². The standard InChI is InChI=1S/C10H20N2O3S/c1-11-9-5-3-6-12(10(9)13)7-4-8-16(2,14)15/h9,11H,3-8H2,1-2H3. The number of nitrogens with zero attached hydrogens (tertiary/aromatic N) is 1. The molecule has 94 valence electrons. The predicted octanol–water partition coefficient (Wildman–Crippen LogP) is -0.368. The Bertz CT molecular complexity index is 340. The molecule has 1 atom stereocenters. The number of hydrogen-bond donors (Lipinski definition) is 1. The number of rotatable bonds is 5. The topological polar surface area (TPSA) is 66.5 Å². The zero-order valence-corrected chi connectivity index (χ0v) is 10.7. The summed E-state index contributed by atoms with van der Waals surface area (Å²) < 4.78 is 21.9. The van der Waals surface area contributed by atoms with Crippen LogP contribution in [-0.4, -0.2) is 57.4 Å². The van der Waals surface area contributed by atoms with Crippen molar-refractivity contribution in [1.29, 1.82) is 0 Å². The second kappa shape index (κ2) is 5.63. The summed E-state index contributed by atoms with van der Waals surface area (Å²) >= 11 is 0. The summed E-state index contributed by atoms with van der Waals surface area (Å²) in [5.74, 6) is 0.253. The van der Waals surface area contributed by atoms with Crippen molar-refractivity contribution in [2.75, 3.05) is 32.1 Å². The molecule has 0 radical (unpaired) electrons. The number of piperidine rings is 1. The average molecular weight is 248 g/mol. The van der Waals surface area contributed by atoms with Gasteiger partial charge in [0.2, 0.25) is 5.91 Å². The molecule has 0 saturated carbocycles. The first-order valence-electron chi connectivity index (χ1n) is 5.58. The SMILES string of the molecule is CNC1CCCN(CCCS(C)(=O)=O)C1=O. The summed E-state index contributed by atoms with van der Waals surface area (Å²) in [7, 11) is -1.13. The van der Waals surface area contributed by atoms with Crippen LogP contribution in [0.25, 0.3) is 0 Å². The lowest BCUT2D eigenvalue weighted by Crippen LogP contribution is -2.50. The van der Waals surface area contributed by atoms with Gasteiger partial charge in [0.25, 0.3) is 0 Å². The minimum Gasteiger partial charge on any atom is -0.341 e. The molecule has 1 aliphatic heterocycles. The van der Waals surface area contributed by atoms with Crippen LogP contribution in [-0.2, 0) is 14.6 Å². The van der Waals surface area contributed by atoms with Crippen molar-refractivity contribution in [1.82, 2.24) is 10.2 Å². The molecule has 0 aromatic carbocycles. The van der Waals surface area contributed by atoms with Gasteiger partial charge >= 0.3 is 0 Å². The lowest BCUT2D eigenvalue weighted by molar-refractivity contribution is -0.135. The normalized spacial score (nSPS) is 22.5. The van der Waals surface area contributed by atoms with Gasteiger partial charge in [0.1, 0.15) is 9.84 Å². The maximum Gasteiger partial charge on any atom is 0.239 e. The molecule has 0 spiro atoms. The molecule has 0 bridgehead atoms. The Morgan fingerprint density at radius 1 is 1.50 bits per heavy atom. The highest BCUT2D eigenvalue weighted by atomic mass is 32.2. The maximum absolute atomic E-state index is 11.8. The van der Waals surface area contributed by atoms with E-state index in [1.165, 1.54) is 6.26 Å². The predicted molar refractivity (Wildman–Crippen MR) is 63.0 cm³/mol. The Kier molecular flexibility index (Phi) is 4.73. The van der Waals surface area contributed by atoms with Crippen LogP contribution < -0.4 is 5.32 Å². The first kappa shape index (κ1) is 13.4. The van der Waals surface area contributed by atoms with E-state index in [1.54, 1.807) is 11.9 Å². The number of carbonyl (C=O) groups is 1. The number of amides is 1. The van der Waals surface area contributed by atoms with E-state index in [-0.39, 0.29) is 17.7 Å². The Balaban J connectivity index is 2.39. The molecule has 1 aliphatic rings. The minimum atomic E-state index is -2.92. The number of nitrogens with one attached hydrogen (secondary N) is 1. The molecule has 1 heterocycles. The Morgan fingerprint density at radius 2 is 2.19 bits per heavy atom.